The van der Waals surface area contributed by atoms with E-state index in [2.05, 4.69) is 10.5 Å². The molecule has 1 amide bonds. The molecule has 27 heavy (non-hydrogen) atoms. The molecule has 0 aliphatic rings. The number of ether oxygens (including phenoxy) is 2. The van der Waals surface area contributed by atoms with Gasteiger partial charge in [-0.05, 0) is 48.4 Å². The predicted molar refractivity (Wildman–Crippen MR) is 109 cm³/mol. The van der Waals surface area contributed by atoms with E-state index in [1.54, 1.807) is 37.6 Å². The van der Waals surface area contributed by atoms with Gasteiger partial charge in [-0.2, -0.15) is 5.10 Å². The van der Waals surface area contributed by atoms with Gasteiger partial charge in [0.15, 0.2) is 6.10 Å². The lowest BCUT2D eigenvalue weighted by Gasteiger charge is -2.17. The number of benzene rings is 2. The third-order valence-corrected chi connectivity index (χ3v) is 3.98. The minimum absolute atomic E-state index is 0.270. The Balaban J connectivity index is 1.94. The first kappa shape index (κ1) is 20.3. The van der Waals surface area contributed by atoms with Gasteiger partial charge in [0.1, 0.15) is 11.5 Å². The molecular weight excluding hydrogens is 342 g/mol. The van der Waals surface area contributed by atoms with E-state index in [0.717, 1.165) is 23.4 Å². The molecule has 1 N–H and O–H groups in total. The first-order valence-corrected chi connectivity index (χ1v) is 8.94. The zero-order valence-electron chi connectivity index (χ0n) is 16.3. The van der Waals surface area contributed by atoms with Crippen molar-refractivity contribution in [2.75, 3.05) is 26.1 Å². The molecule has 2 aromatic rings. The van der Waals surface area contributed by atoms with E-state index < -0.39 is 6.10 Å². The lowest BCUT2D eigenvalue weighted by atomic mass is 10.2. The number of methoxy groups -OCH3 is 1. The fourth-order valence-electron chi connectivity index (χ4n) is 2.43. The van der Waals surface area contributed by atoms with Crippen LogP contribution in [0.3, 0.4) is 0 Å². The number of rotatable bonds is 9. The Bertz CT molecular complexity index is 740. The second-order valence-electron chi connectivity index (χ2n) is 6.29. The van der Waals surface area contributed by atoms with Crippen LogP contribution in [-0.4, -0.2) is 39.4 Å². The molecule has 0 aliphatic carbocycles. The zero-order valence-corrected chi connectivity index (χ0v) is 16.3. The molecule has 2 rings (SSSR count). The van der Waals surface area contributed by atoms with Crippen molar-refractivity contribution in [3.8, 4) is 11.5 Å². The molecule has 0 bridgehead atoms. The van der Waals surface area contributed by atoms with Crippen molar-refractivity contribution in [2.45, 2.75) is 25.9 Å². The lowest BCUT2D eigenvalue weighted by Crippen LogP contribution is -2.35. The number of carbonyl (C=O) groups excluding carboxylic acids is 1. The van der Waals surface area contributed by atoms with Crippen LogP contribution in [0.25, 0.3) is 0 Å². The van der Waals surface area contributed by atoms with Gasteiger partial charge in [0, 0.05) is 19.8 Å². The van der Waals surface area contributed by atoms with Crippen molar-refractivity contribution < 1.29 is 14.3 Å². The van der Waals surface area contributed by atoms with E-state index in [4.69, 9.17) is 9.47 Å². The van der Waals surface area contributed by atoms with Crippen LogP contribution >= 0.6 is 0 Å². The summed E-state index contributed by atoms with van der Waals surface area (Å²) in [4.78, 5) is 14.4. The maximum absolute atomic E-state index is 12.4. The Hall–Kier alpha value is -3.02. The molecule has 0 aromatic heterocycles. The van der Waals surface area contributed by atoms with Crippen LogP contribution in [0.1, 0.15) is 25.3 Å². The molecule has 144 valence electrons. The second-order valence-corrected chi connectivity index (χ2v) is 6.29. The topological polar surface area (TPSA) is 63.2 Å². The maximum Gasteiger partial charge on any atom is 0.281 e. The Kier molecular flexibility index (Phi) is 7.67. The number of nitrogens with zero attached hydrogens (tertiary/aromatic N) is 2. The van der Waals surface area contributed by atoms with Crippen LogP contribution in [0.15, 0.2) is 53.6 Å². The number of amides is 1. The van der Waals surface area contributed by atoms with E-state index in [-0.39, 0.29) is 5.91 Å². The van der Waals surface area contributed by atoms with Crippen molar-refractivity contribution >= 4 is 17.8 Å². The van der Waals surface area contributed by atoms with Crippen LogP contribution in [0.5, 0.6) is 11.5 Å². The molecule has 0 fully saturated rings. The number of hydrogen-bond donors (Lipinski definition) is 1. The van der Waals surface area contributed by atoms with Crippen molar-refractivity contribution in [3.63, 3.8) is 0 Å². The molecule has 1 atom stereocenters. The first-order valence-electron chi connectivity index (χ1n) is 8.94. The predicted octanol–water partition coefficient (Wildman–Crippen LogP) is 3.46. The summed E-state index contributed by atoms with van der Waals surface area (Å²) in [5, 5.41) is 4.05. The minimum atomic E-state index is -0.600. The van der Waals surface area contributed by atoms with E-state index in [1.807, 2.05) is 50.2 Å². The Morgan fingerprint density at radius 2 is 1.74 bits per heavy atom. The molecule has 0 radical (unpaired) electrons. The SMILES string of the molecule is CCC[C@@H](Oc1ccc(OC)cc1)C(=O)NN=Cc1ccc(N(C)C)cc1. The fraction of sp³-hybridized carbons (Fsp3) is 0.333. The van der Waals surface area contributed by atoms with Gasteiger partial charge in [-0.1, -0.05) is 25.5 Å². The molecule has 6 heteroatoms. The summed E-state index contributed by atoms with van der Waals surface area (Å²) < 4.78 is 10.9. The zero-order chi connectivity index (χ0) is 19.6. The normalized spacial score (nSPS) is 11.9. The van der Waals surface area contributed by atoms with Crippen molar-refractivity contribution in [3.05, 3.63) is 54.1 Å². The number of carbonyl (C=O) groups is 1. The third-order valence-electron chi connectivity index (χ3n) is 3.98. The van der Waals surface area contributed by atoms with Gasteiger partial charge in [-0.15, -0.1) is 0 Å². The molecule has 2 aromatic carbocycles. The van der Waals surface area contributed by atoms with Gasteiger partial charge in [-0.3, -0.25) is 4.79 Å². The number of nitrogens with one attached hydrogen (secondary N) is 1. The summed E-state index contributed by atoms with van der Waals surface area (Å²) >= 11 is 0. The third kappa shape index (κ3) is 6.33. The van der Waals surface area contributed by atoms with E-state index in [1.165, 1.54) is 0 Å². The molecule has 0 saturated heterocycles. The van der Waals surface area contributed by atoms with Crippen LogP contribution in [-0.2, 0) is 4.79 Å². The summed E-state index contributed by atoms with van der Waals surface area (Å²) in [6.45, 7) is 2.01. The van der Waals surface area contributed by atoms with Crippen molar-refractivity contribution in [2.24, 2.45) is 5.10 Å². The van der Waals surface area contributed by atoms with Crippen molar-refractivity contribution in [1.82, 2.24) is 5.43 Å². The molecule has 0 unspecified atom stereocenters. The largest absolute Gasteiger partial charge is 0.497 e. The highest BCUT2D eigenvalue weighted by Gasteiger charge is 2.19. The quantitative estimate of drug-likeness (QED) is 0.543. The van der Waals surface area contributed by atoms with Gasteiger partial charge in [-0.25, -0.2) is 5.43 Å². The second kappa shape index (κ2) is 10.2. The Morgan fingerprint density at radius 3 is 2.30 bits per heavy atom. The molecule has 0 spiro atoms. The minimum Gasteiger partial charge on any atom is -0.497 e. The summed E-state index contributed by atoms with van der Waals surface area (Å²) in [6.07, 6.45) is 2.44. The summed E-state index contributed by atoms with van der Waals surface area (Å²) in [5.74, 6) is 1.09. The highest BCUT2D eigenvalue weighted by atomic mass is 16.5. The number of hydrazone groups is 1. The Morgan fingerprint density at radius 1 is 1.11 bits per heavy atom. The van der Waals surface area contributed by atoms with Crippen LogP contribution in [0, 0.1) is 0 Å². The van der Waals surface area contributed by atoms with Gasteiger partial charge < -0.3 is 14.4 Å². The van der Waals surface area contributed by atoms with E-state index in [0.29, 0.717) is 12.2 Å². The summed E-state index contributed by atoms with van der Waals surface area (Å²) in [5.41, 5.74) is 4.58. The van der Waals surface area contributed by atoms with Gasteiger partial charge in [0.25, 0.3) is 5.91 Å². The number of hydrogen-bond acceptors (Lipinski definition) is 5. The molecule has 0 heterocycles. The fourth-order valence-corrected chi connectivity index (χ4v) is 2.43. The average molecular weight is 369 g/mol. The Labute approximate surface area is 160 Å². The van der Waals surface area contributed by atoms with Crippen molar-refractivity contribution in [1.29, 1.82) is 0 Å². The van der Waals surface area contributed by atoms with Gasteiger partial charge >= 0.3 is 0 Å². The standard InChI is InChI=1S/C21H27N3O3/c1-5-6-20(27-19-13-11-18(26-4)12-14-19)21(25)23-22-15-16-7-9-17(10-8-16)24(2)3/h7-15,20H,5-6H2,1-4H3,(H,23,25)/t20-/m1/s1. The maximum atomic E-state index is 12.4. The highest BCUT2D eigenvalue weighted by molar-refractivity contribution is 5.84. The van der Waals surface area contributed by atoms with Crippen LogP contribution < -0.4 is 19.8 Å². The monoisotopic (exact) mass is 369 g/mol. The lowest BCUT2D eigenvalue weighted by molar-refractivity contribution is -0.128. The van der Waals surface area contributed by atoms with E-state index in [9.17, 15) is 4.79 Å². The molecule has 0 saturated carbocycles. The van der Waals surface area contributed by atoms with Crippen LogP contribution in [0.4, 0.5) is 5.69 Å². The highest BCUT2D eigenvalue weighted by Crippen LogP contribution is 2.19. The molecule has 6 nitrogen and oxygen atoms in total. The van der Waals surface area contributed by atoms with Gasteiger partial charge in [0.2, 0.25) is 0 Å². The van der Waals surface area contributed by atoms with E-state index >= 15 is 0 Å². The first-order chi connectivity index (χ1) is 13.0. The van der Waals surface area contributed by atoms with Gasteiger partial charge in [0.05, 0.1) is 13.3 Å². The molecule has 0 aliphatic heterocycles. The summed E-state index contributed by atoms with van der Waals surface area (Å²) in [7, 11) is 5.58. The smallest absolute Gasteiger partial charge is 0.281 e. The van der Waals surface area contributed by atoms with Crippen LogP contribution in [0.2, 0.25) is 0 Å². The summed E-state index contributed by atoms with van der Waals surface area (Å²) in [6, 6.07) is 15.0. The average Bonchev–Trinajstić information content (AvgIpc) is 2.68. The molecular formula is C21H27N3O3. The number of anilines is 1.